The fraction of sp³-hybridized carbons (Fsp3) is 0.632. The van der Waals surface area contributed by atoms with Gasteiger partial charge < -0.3 is 15.4 Å². The number of thioether (sulfide) groups is 1. The molecule has 4 nitrogen and oxygen atoms in total. The van der Waals surface area contributed by atoms with Crippen LogP contribution in [0.3, 0.4) is 0 Å². The molecule has 1 aliphatic carbocycles. The van der Waals surface area contributed by atoms with E-state index in [-0.39, 0.29) is 40.0 Å². The number of benzene rings is 1. The lowest BCUT2D eigenvalue weighted by Gasteiger charge is -2.36. The van der Waals surface area contributed by atoms with Crippen molar-refractivity contribution in [1.29, 1.82) is 0 Å². The molecule has 0 radical (unpaired) electrons. The van der Waals surface area contributed by atoms with Crippen molar-refractivity contribution in [3.8, 4) is 0 Å². The summed E-state index contributed by atoms with van der Waals surface area (Å²) in [6, 6.07) is 6.99. The summed E-state index contributed by atoms with van der Waals surface area (Å²) in [5, 5.41) is 6.93. The Labute approximate surface area is 177 Å². The van der Waals surface area contributed by atoms with Gasteiger partial charge in [-0.3, -0.25) is 4.99 Å². The lowest BCUT2D eigenvalue weighted by atomic mass is 9.96. The van der Waals surface area contributed by atoms with Gasteiger partial charge in [-0.2, -0.15) is 11.8 Å². The number of hydrogen-bond donors (Lipinski definition) is 2. The molecule has 0 amide bonds. The van der Waals surface area contributed by atoms with Gasteiger partial charge in [0.2, 0.25) is 0 Å². The summed E-state index contributed by atoms with van der Waals surface area (Å²) < 4.78 is 19.2. The first kappa shape index (κ1) is 21.8. The third kappa shape index (κ3) is 5.25. The SMILES string of the molecule is CN=C(NCC1(SC)CCOCC1)NCC1(c2cccc(F)c2)CC1.I. The summed E-state index contributed by atoms with van der Waals surface area (Å²) in [5.41, 5.74) is 1.13. The van der Waals surface area contributed by atoms with Crippen molar-refractivity contribution >= 4 is 41.7 Å². The Kier molecular flexibility index (Phi) is 8.03. The average Bonchev–Trinajstić information content (AvgIpc) is 3.44. The fourth-order valence-electron chi connectivity index (χ4n) is 3.45. The molecular formula is C19H29FIN3OS. The van der Waals surface area contributed by atoms with E-state index in [0.717, 1.165) is 63.5 Å². The van der Waals surface area contributed by atoms with Gasteiger partial charge in [0.15, 0.2) is 5.96 Å². The molecule has 2 N–H and O–H groups in total. The average molecular weight is 493 g/mol. The highest BCUT2D eigenvalue weighted by molar-refractivity contribution is 14.0. The largest absolute Gasteiger partial charge is 0.381 e. The highest BCUT2D eigenvalue weighted by atomic mass is 127. The first-order chi connectivity index (χ1) is 12.1. The van der Waals surface area contributed by atoms with Gasteiger partial charge in [-0.1, -0.05) is 12.1 Å². The van der Waals surface area contributed by atoms with Crippen LogP contribution < -0.4 is 10.6 Å². The van der Waals surface area contributed by atoms with Gasteiger partial charge in [0.25, 0.3) is 0 Å². The van der Waals surface area contributed by atoms with Gasteiger partial charge in [0, 0.05) is 43.5 Å². The van der Waals surface area contributed by atoms with Gasteiger partial charge >= 0.3 is 0 Å². The monoisotopic (exact) mass is 493 g/mol. The van der Waals surface area contributed by atoms with Crippen LogP contribution in [0.5, 0.6) is 0 Å². The minimum Gasteiger partial charge on any atom is -0.381 e. The number of halogens is 2. The van der Waals surface area contributed by atoms with Crippen molar-refractivity contribution in [3.63, 3.8) is 0 Å². The van der Waals surface area contributed by atoms with E-state index in [9.17, 15) is 4.39 Å². The molecule has 1 aromatic carbocycles. The van der Waals surface area contributed by atoms with Crippen LogP contribution in [0, 0.1) is 5.82 Å². The summed E-state index contributed by atoms with van der Waals surface area (Å²) in [7, 11) is 1.80. The molecule has 2 aliphatic rings. The fourth-order valence-corrected chi connectivity index (χ4v) is 4.24. The predicted molar refractivity (Wildman–Crippen MR) is 118 cm³/mol. The quantitative estimate of drug-likeness (QED) is 0.362. The molecule has 0 bridgehead atoms. The van der Waals surface area contributed by atoms with Crippen LogP contribution in [0.1, 0.15) is 31.2 Å². The van der Waals surface area contributed by atoms with Crippen molar-refractivity contribution in [2.75, 3.05) is 39.6 Å². The summed E-state index contributed by atoms with van der Waals surface area (Å²) in [6.45, 7) is 3.32. The molecule has 26 heavy (non-hydrogen) atoms. The minimum absolute atomic E-state index is 0. The van der Waals surface area contributed by atoms with Gasteiger partial charge in [0.1, 0.15) is 5.82 Å². The Balaban J connectivity index is 0.00000243. The molecule has 1 heterocycles. The van der Waals surface area contributed by atoms with Crippen LogP contribution in [-0.2, 0) is 10.2 Å². The number of guanidine groups is 1. The summed E-state index contributed by atoms with van der Waals surface area (Å²) in [6.07, 6.45) is 6.47. The Morgan fingerprint density at radius 3 is 2.46 bits per heavy atom. The molecule has 1 aromatic rings. The zero-order valence-electron chi connectivity index (χ0n) is 15.5. The Hall–Kier alpha value is -0.540. The smallest absolute Gasteiger partial charge is 0.191 e. The molecule has 2 fully saturated rings. The Morgan fingerprint density at radius 1 is 1.19 bits per heavy atom. The highest BCUT2D eigenvalue weighted by Gasteiger charge is 2.44. The van der Waals surface area contributed by atoms with Crippen LogP contribution in [0.25, 0.3) is 0 Å². The number of nitrogens with one attached hydrogen (secondary N) is 2. The molecule has 0 spiro atoms. The van der Waals surface area contributed by atoms with Crippen molar-refractivity contribution < 1.29 is 9.13 Å². The second-order valence-electron chi connectivity index (χ2n) is 7.07. The van der Waals surface area contributed by atoms with Gasteiger partial charge in [-0.05, 0) is 49.6 Å². The van der Waals surface area contributed by atoms with Gasteiger partial charge in [0.05, 0.1) is 0 Å². The van der Waals surface area contributed by atoms with Crippen LogP contribution >= 0.6 is 35.7 Å². The normalized spacial score (nSPS) is 20.8. The molecule has 146 valence electrons. The third-order valence-corrected chi connectivity index (χ3v) is 6.94. The van der Waals surface area contributed by atoms with E-state index < -0.39 is 0 Å². The van der Waals surface area contributed by atoms with E-state index in [1.165, 1.54) is 6.07 Å². The number of rotatable bonds is 6. The first-order valence-corrected chi connectivity index (χ1v) is 10.2. The Bertz CT molecular complexity index is 619. The zero-order valence-corrected chi connectivity index (χ0v) is 18.7. The zero-order chi connectivity index (χ0) is 17.8. The van der Waals surface area contributed by atoms with E-state index in [1.54, 1.807) is 19.2 Å². The van der Waals surface area contributed by atoms with Crippen LogP contribution in [0.4, 0.5) is 4.39 Å². The number of aliphatic imine (C=N–C) groups is 1. The van der Waals surface area contributed by atoms with E-state index in [4.69, 9.17) is 4.74 Å². The number of ether oxygens (including phenoxy) is 1. The third-order valence-electron chi connectivity index (χ3n) is 5.52. The first-order valence-electron chi connectivity index (χ1n) is 8.95. The topological polar surface area (TPSA) is 45.7 Å². The standard InChI is InChI=1S/C19H28FN3OS.HI/c1-21-17(23-14-19(25-2)8-10-24-11-9-19)22-13-18(6-7-18)15-4-3-5-16(20)12-15;/h3-5,12H,6-11,13-14H2,1-2H3,(H2,21,22,23);1H. The summed E-state index contributed by atoms with van der Waals surface area (Å²) in [5.74, 6) is 0.662. The van der Waals surface area contributed by atoms with Crippen LogP contribution in [0.15, 0.2) is 29.3 Å². The van der Waals surface area contributed by atoms with Crippen LogP contribution in [-0.4, -0.2) is 50.3 Å². The second kappa shape index (κ2) is 9.59. The summed E-state index contributed by atoms with van der Waals surface area (Å²) in [4.78, 5) is 4.36. The molecule has 1 saturated heterocycles. The number of nitrogens with zero attached hydrogens (tertiary/aromatic N) is 1. The molecule has 7 heteroatoms. The number of hydrogen-bond acceptors (Lipinski definition) is 3. The lowest BCUT2D eigenvalue weighted by Crippen LogP contribution is -2.49. The predicted octanol–water partition coefficient (Wildman–Crippen LogP) is 3.55. The lowest BCUT2D eigenvalue weighted by molar-refractivity contribution is 0.0783. The minimum atomic E-state index is -0.160. The van der Waals surface area contributed by atoms with E-state index in [1.807, 2.05) is 17.8 Å². The van der Waals surface area contributed by atoms with Crippen molar-refractivity contribution in [3.05, 3.63) is 35.6 Å². The highest BCUT2D eigenvalue weighted by Crippen LogP contribution is 2.47. The van der Waals surface area contributed by atoms with Crippen molar-refractivity contribution in [2.24, 2.45) is 4.99 Å². The van der Waals surface area contributed by atoms with Crippen molar-refractivity contribution in [1.82, 2.24) is 10.6 Å². The van der Waals surface area contributed by atoms with E-state index in [0.29, 0.717) is 0 Å². The Morgan fingerprint density at radius 2 is 1.88 bits per heavy atom. The maximum atomic E-state index is 13.5. The van der Waals surface area contributed by atoms with Gasteiger partial charge in [-0.25, -0.2) is 4.39 Å². The van der Waals surface area contributed by atoms with E-state index >= 15 is 0 Å². The molecule has 0 unspecified atom stereocenters. The molecule has 1 aliphatic heterocycles. The van der Waals surface area contributed by atoms with Gasteiger partial charge in [-0.15, -0.1) is 24.0 Å². The maximum Gasteiger partial charge on any atom is 0.191 e. The maximum absolute atomic E-state index is 13.5. The summed E-state index contributed by atoms with van der Waals surface area (Å²) >= 11 is 1.91. The molecular weight excluding hydrogens is 464 g/mol. The van der Waals surface area contributed by atoms with Crippen LogP contribution in [0.2, 0.25) is 0 Å². The van der Waals surface area contributed by atoms with E-state index in [2.05, 4.69) is 21.9 Å². The molecule has 3 rings (SSSR count). The molecule has 1 saturated carbocycles. The van der Waals surface area contributed by atoms with Crippen molar-refractivity contribution in [2.45, 2.75) is 35.8 Å². The second-order valence-corrected chi connectivity index (χ2v) is 8.34. The molecule has 0 atom stereocenters. The molecule has 0 aromatic heterocycles.